The average molecular weight is 406 g/mol. The topological polar surface area (TPSA) is 50.1 Å². The molecule has 2 N–H and O–H groups in total. The molecule has 1 heterocycles. The van der Waals surface area contributed by atoms with E-state index in [4.69, 9.17) is 0 Å². The number of benzene rings is 1. The number of nitrogens with zero attached hydrogens (tertiary/aromatic N) is 2. The van der Waals surface area contributed by atoms with Crippen molar-refractivity contribution in [2.45, 2.75) is 39.5 Å². The van der Waals surface area contributed by atoms with Gasteiger partial charge < -0.3 is 5.11 Å². The lowest BCUT2D eigenvalue weighted by molar-refractivity contribution is -0.158. The van der Waals surface area contributed by atoms with Gasteiger partial charge in [-0.3, -0.25) is 10.00 Å². The molecule has 132 valence electrons. The van der Waals surface area contributed by atoms with Crippen LogP contribution in [0.1, 0.15) is 34.1 Å². The number of aromatic hydroxyl groups is 1. The molecule has 0 aliphatic heterocycles. The first-order valence-electron chi connectivity index (χ1n) is 7.30. The van der Waals surface area contributed by atoms with Crippen molar-refractivity contribution in [3.8, 4) is 5.75 Å². The second-order valence-electron chi connectivity index (χ2n) is 5.82. The molecule has 0 radical (unpaired) electrons. The van der Waals surface area contributed by atoms with Gasteiger partial charge in [-0.15, -0.1) is 0 Å². The van der Waals surface area contributed by atoms with Crippen molar-refractivity contribution >= 4 is 15.9 Å². The predicted molar refractivity (Wildman–Crippen MR) is 88.9 cm³/mol. The minimum Gasteiger partial charge on any atom is -0.506 e. The Labute approximate surface area is 146 Å². The van der Waals surface area contributed by atoms with Crippen molar-refractivity contribution in [3.63, 3.8) is 0 Å². The molecule has 1 aromatic heterocycles. The number of phenols is 1. The second kappa shape index (κ2) is 6.76. The molecule has 24 heavy (non-hydrogen) atoms. The maximum Gasteiger partial charge on any atom is 0.408 e. The van der Waals surface area contributed by atoms with Gasteiger partial charge in [0.2, 0.25) is 0 Å². The summed E-state index contributed by atoms with van der Waals surface area (Å²) < 4.78 is 42.6. The second-order valence-corrected chi connectivity index (χ2v) is 6.67. The monoisotopic (exact) mass is 405 g/mol. The van der Waals surface area contributed by atoms with E-state index in [1.54, 1.807) is 33.0 Å². The molecule has 4 nitrogen and oxygen atoms in total. The Bertz CT molecular complexity index is 756. The maximum absolute atomic E-state index is 13.6. The summed E-state index contributed by atoms with van der Waals surface area (Å²) in [5.41, 5.74) is 2.15. The predicted octanol–water partition coefficient (Wildman–Crippen LogP) is 4.21. The van der Waals surface area contributed by atoms with Crippen LogP contribution in [0.25, 0.3) is 0 Å². The van der Waals surface area contributed by atoms with Crippen LogP contribution in [0, 0.1) is 20.8 Å². The van der Waals surface area contributed by atoms with E-state index < -0.39 is 12.2 Å². The Balaban J connectivity index is 2.35. The summed E-state index contributed by atoms with van der Waals surface area (Å²) >= 11 is 3.20. The molecule has 0 bridgehead atoms. The van der Waals surface area contributed by atoms with E-state index in [0.29, 0.717) is 21.4 Å². The van der Waals surface area contributed by atoms with Crippen molar-refractivity contribution in [1.29, 1.82) is 0 Å². The smallest absolute Gasteiger partial charge is 0.408 e. The third kappa shape index (κ3) is 3.75. The number of hydrogen-bond acceptors (Lipinski definition) is 3. The molecule has 8 heteroatoms. The SMILES string of the molecule is Cc1cc(Br)c(O)c(CN[C@@H](c2c(C)nn(C)c2C)C(F)(F)F)c1. The van der Waals surface area contributed by atoms with Gasteiger partial charge in [-0.25, -0.2) is 0 Å². The quantitative estimate of drug-likeness (QED) is 0.800. The van der Waals surface area contributed by atoms with E-state index in [1.807, 2.05) is 6.92 Å². The number of aromatic nitrogens is 2. The first-order valence-corrected chi connectivity index (χ1v) is 8.09. The van der Waals surface area contributed by atoms with Gasteiger partial charge in [-0.05, 0) is 48.3 Å². The minimum absolute atomic E-state index is 0.0614. The number of alkyl halides is 3. The summed E-state index contributed by atoms with van der Waals surface area (Å²) in [6.07, 6.45) is -4.48. The zero-order valence-electron chi connectivity index (χ0n) is 13.8. The molecular weight excluding hydrogens is 387 g/mol. The molecule has 0 saturated carbocycles. The highest BCUT2D eigenvalue weighted by Crippen LogP contribution is 2.37. The standard InChI is InChI=1S/C16H19BrF3N3O/c1-8-5-11(14(24)12(17)6-8)7-21-15(16(18,19)20)13-9(2)22-23(4)10(13)3/h5-6,15,21,24H,7H2,1-4H3/t15-/m0/s1. The Kier molecular flexibility index (Phi) is 5.29. The van der Waals surface area contributed by atoms with Crippen LogP contribution in [0.5, 0.6) is 5.75 Å². The van der Waals surface area contributed by atoms with E-state index in [0.717, 1.165) is 5.56 Å². The van der Waals surface area contributed by atoms with Gasteiger partial charge in [0.25, 0.3) is 0 Å². The lowest BCUT2D eigenvalue weighted by Gasteiger charge is -2.23. The summed E-state index contributed by atoms with van der Waals surface area (Å²) in [6.45, 7) is 4.86. The molecule has 2 aromatic rings. The number of halogens is 4. The van der Waals surface area contributed by atoms with Crippen LogP contribution in [0.15, 0.2) is 16.6 Å². The van der Waals surface area contributed by atoms with E-state index in [1.165, 1.54) is 4.68 Å². The zero-order valence-corrected chi connectivity index (χ0v) is 15.4. The lowest BCUT2D eigenvalue weighted by Crippen LogP contribution is -2.34. The summed E-state index contributed by atoms with van der Waals surface area (Å²) in [7, 11) is 1.61. The normalized spacial score (nSPS) is 13.3. The number of rotatable bonds is 4. The van der Waals surface area contributed by atoms with Gasteiger partial charge in [0, 0.05) is 30.4 Å². The van der Waals surface area contributed by atoms with E-state index in [2.05, 4.69) is 26.3 Å². The molecule has 0 amide bonds. The maximum atomic E-state index is 13.6. The summed E-state index contributed by atoms with van der Waals surface area (Å²) in [5, 5.41) is 16.6. The van der Waals surface area contributed by atoms with Gasteiger partial charge in [0.05, 0.1) is 10.2 Å². The van der Waals surface area contributed by atoms with Crippen molar-refractivity contribution in [3.05, 3.63) is 44.7 Å². The van der Waals surface area contributed by atoms with Gasteiger partial charge in [0.15, 0.2) is 0 Å². The number of hydrogen-bond donors (Lipinski definition) is 2. The molecule has 2 rings (SSSR count). The fraction of sp³-hybridized carbons (Fsp3) is 0.438. The zero-order chi connectivity index (χ0) is 18.2. The van der Waals surface area contributed by atoms with Crippen molar-refractivity contribution in [2.75, 3.05) is 0 Å². The summed E-state index contributed by atoms with van der Waals surface area (Å²) in [5.74, 6) is -0.0614. The Morgan fingerprint density at radius 2 is 1.92 bits per heavy atom. The highest BCUT2D eigenvalue weighted by molar-refractivity contribution is 9.10. The van der Waals surface area contributed by atoms with Crippen molar-refractivity contribution in [1.82, 2.24) is 15.1 Å². The van der Waals surface area contributed by atoms with E-state index in [9.17, 15) is 18.3 Å². The first kappa shape index (κ1) is 18.8. The summed E-state index contributed by atoms with van der Waals surface area (Å²) in [4.78, 5) is 0. The van der Waals surface area contributed by atoms with Gasteiger partial charge in [-0.2, -0.15) is 18.3 Å². The van der Waals surface area contributed by atoms with Gasteiger partial charge in [0.1, 0.15) is 11.8 Å². The molecule has 1 aromatic carbocycles. The number of phenolic OH excluding ortho intramolecular Hbond substituents is 1. The summed E-state index contributed by atoms with van der Waals surface area (Å²) in [6, 6.07) is 1.50. The van der Waals surface area contributed by atoms with Crippen molar-refractivity contribution in [2.24, 2.45) is 7.05 Å². The highest BCUT2D eigenvalue weighted by atomic mass is 79.9. The van der Waals surface area contributed by atoms with Crippen LogP contribution in [-0.4, -0.2) is 21.1 Å². The molecule has 0 fully saturated rings. The lowest BCUT2D eigenvalue weighted by atomic mass is 10.0. The molecular formula is C16H19BrF3N3O. The molecule has 0 spiro atoms. The number of aryl methyl sites for hydroxylation is 3. The van der Waals surface area contributed by atoms with Crippen molar-refractivity contribution < 1.29 is 18.3 Å². The van der Waals surface area contributed by atoms with Crippen LogP contribution in [0.4, 0.5) is 13.2 Å². The van der Waals surface area contributed by atoms with Crippen LogP contribution in [0.2, 0.25) is 0 Å². The van der Waals surface area contributed by atoms with Crippen LogP contribution in [-0.2, 0) is 13.6 Å². The number of nitrogens with one attached hydrogen (secondary N) is 1. The van der Waals surface area contributed by atoms with Crippen LogP contribution in [0.3, 0.4) is 0 Å². The van der Waals surface area contributed by atoms with Crippen LogP contribution >= 0.6 is 15.9 Å². The van der Waals surface area contributed by atoms with Gasteiger partial charge >= 0.3 is 6.18 Å². The van der Waals surface area contributed by atoms with E-state index in [-0.39, 0.29) is 17.9 Å². The van der Waals surface area contributed by atoms with Gasteiger partial charge in [-0.1, -0.05) is 6.07 Å². The third-order valence-electron chi connectivity index (χ3n) is 3.96. The molecule has 0 saturated heterocycles. The third-order valence-corrected chi connectivity index (χ3v) is 4.57. The highest BCUT2D eigenvalue weighted by Gasteiger charge is 2.43. The minimum atomic E-state index is -4.48. The average Bonchev–Trinajstić information content (AvgIpc) is 2.69. The molecule has 0 unspecified atom stereocenters. The fourth-order valence-corrected chi connectivity index (χ4v) is 3.36. The molecule has 1 atom stereocenters. The molecule has 0 aliphatic carbocycles. The Hall–Kier alpha value is -1.54. The van der Waals surface area contributed by atoms with Crippen LogP contribution < -0.4 is 5.32 Å². The first-order chi connectivity index (χ1) is 11.0. The fourth-order valence-electron chi connectivity index (χ4n) is 2.74. The largest absolute Gasteiger partial charge is 0.506 e. The van der Waals surface area contributed by atoms with E-state index >= 15 is 0 Å². The molecule has 0 aliphatic rings. The Morgan fingerprint density at radius 3 is 2.42 bits per heavy atom. The Morgan fingerprint density at radius 1 is 1.29 bits per heavy atom.